The van der Waals surface area contributed by atoms with Crippen LogP contribution in [-0.4, -0.2) is 81.6 Å². The van der Waals surface area contributed by atoms with E-state index < -0.39 is 0 Å². The Bertz CT molecular complexity index is 2210. The minimum absolute atomic E-state index is 0.174. The SMILES string of the molecule is CCOC(=O)c1c(C)c(C(C)C2CCN(C(=O)OCc3ccccc3)CC2)n2nc(C)ccc12.CCOC(=O)c1c(C)c(C(C)C2CCNCC2)n2nc(C)ccc12. The number of nitrogens with zero attached hydrogens (tertiary/aromatic N) is 5. The number of hydrogen-bond donors (Lipinski definition) is 1. The molecule has 2 aliphatic heterocycles. The third-order valence-corrected chi connectivity index (χ3v) is 12.0. The third-order valence-electron chi connectivity index (χ3n) is 12.0. The van der Waals surface area contributed by atoms with E-state index in [-0.39, 0.29) is 30.6 Å². The molecule has 12 nitrogen and oxygen atoms in total. The number of carbonyl (C=O) groups excluding carboxylic acids is 3. The number of likely N-dealkylation sites (tertiary alicyclic amines) is 1. The Morgan fingerprint density at radius 3 is 1.60 bits per heavy atom. The van der Waals surface area contributed by atoms with Crippen molar-refractivity contribution in [3.63, 3.8) is 0 Å². The van der Waals surface area contributed by atoms with E-state index in [9.17, 15) is 14.4 Å². The summed E-state index contributed by atoms with van der Waals surface area (Å²) < 4.78 is 20.0. The molecule has 310 valence electrons. The van der Waals surface area contributed by atoms with E-state index >= 15 is 0 Å². The highest BCUT2D eigenvalue weighted by atomic mass is 16.6. The van der Waals surface area contributed by atoms with Crippen molar-refractivity contribution in [1.82, 2.24) is 29.4 Å². The predicted octanol–water partition coefficient (Wildman–Crippen LogP) is 8.51. The summed E-state index contributed by atoms with van der Waals surface area (Å²) in [7, 11) is 0. The summed E-state index contributed by atoms with van der Waals surface area (Å²) in [4.78, 5) is 39.6. The van der Waals surface area contributed by atoms with Gasteiger partial charge in [0.15, 0.2) is 0 Å². The first kappa shape index (κ1) is 42.4. The summed E-state index contributed by atoms with van der Waals surface area (Å²) in [5.74, 6) is 0.955. The summed E-state index contributed by atoms with van der Waals surface area (Å²) in [6.45, 7) is 20.5. The largest absolute Gasteiger partial charge is 0.462 e. The maximum atomic E-state index is 12.7. The van der Waals surface area contributed by atoms with Crippen molar-refractivity contribution < 1.29 is 28.6 Å². The topological polar surface area (TPSA) is 129 Å². The third kappa shape index (κ3) is 9.07. The molecule has 1 aromatic carbocycles. The summed E-state index contributed by atoms with van der Waals surface area (Å²) in [6, 6.07) is 17.5. The number of nitrogens with one attached hydrogen (secondary N) is 1. The minimum Gasteiger partial charge on any atom is -0.462 e. The van der Waals surface area contributed by atoms with Crippen LogP contribution in [-0.2, 0) is 20.8 Å². The molecular weight excluding hydrogens is 733 g/mol. The standard InChI is InChI=1S/C27H33N3O4.C19H27N3O2/c1-5-33-26(31)24-20(4)25(30-23(24)12-11-18(2)28-30)19(3)22-13-15-29(16-14-22)27(32)34-17-21-9-7-6-8-10-21;1-5-24-19(23)17-14(4)18(13(3)15-8-10-20-11-9-15)22-16(17)7-6-12(2)21-22/h6-12,19,22H,5,13-17H2,1-4H3;6-7,13,15,20H,5,8-11H2,1-4H3. The van der Waals surface area contributed by atoms with Crippen molar-refractivity contribution in [3.8, 4) is 0 Å². The Labute approximate surface area is 342 Å². The molecule has 0 spiro atoms. The van der Waals surface area contributed by atoms with Crippen molar-refractivity contribution in [3.05, 3.63) is 105 Å². The molecule has 58 heavy (non-hydrogen) atoms. The quantitative estimate of drug-likeness (QED) is 0.109. The molecule has 2 fully saturated rings. The van der Waals surface area contributed by atoms with Crippen LogP contribution in [0.5, 0.6) is 0 Å². The molecule has 2 saturated heterocycles. The average Bonchev–Trinajstić information content (AvgIpc) is 3.68. The van der Waals surface area contributed by atoms with E-state index in [1.54, 1.807) is 4.90 Å². The number of carbonyl (C=O) groups is 3. The van der Waals surface area contributed by atoms with E-state index in [1.165, 1.54) is 0 Å². The van der Waals surface area contributed by atoms with Gasteiger partial charge in [-0.2, -0.15) is 10.2 Å². The first-order chi connectivity index (χ1) is 27.9. The van der Waals surface area contributed by atoms with E-state index in [1.807, 2.05) is 105 Å². The number of aromatic nitrogens is 4. The maximum absolute atomic E-state index is 12.7. The number of fused-ring (bicyclic) bond motifs is 2. The zero-order chi connectivity index (χ0) is 41.5. The smallest absolute Gasteiger partial charge is 0.410 e. The summed E-state index contributed by atoms with van der Waals surface area (Å²) in [5, 5.41) is 12.9. The molecule has 1 N–H and O–H groups in total. The van der Waals surface area contributed by atoms with Crippen LogP contribution < -0.4 is 5.32 Å². The summed E-state index contributed by atoms with van der Waals surface area (Å²) >= 11 is 0. The number of aryl methyl sites for hydroxylation is 2. The molecule has 4 aromatic heterocycles. The molecule has 1 amide bonds. The number of amides is 1. The summed E-state index contributed by atoms with van der Waals surface area (Å²) in [5.41, 5.74) is 9.86. The number of rotatable bonds is 10. The lowest BCUT2D eigenvalue weighted by Crippen LogP contribution is -2.40. The molecule has 5 aromatic rings. The van der Waals surface area contributed by atoms with Crippen molar-refractivity contribution in [2.45, 2.75) is 99.5 Å². The zero-order valence-electron chi connectivity index (χ0n) is 35.5. The molecule has 2 atom stereocenters. The number of hydrogen-bond acceptors (Lipinski definition) is 9. The second-order valence-corrected chi connectivity index (χ2v) is 15.8. The average molecular weight is 793 g/mol. The number of piperidine rings is 2. The lowest BCUT2D eigenvalue weighted by Gasteiger charge is -2.34. The van der Waals surface area contributed by atoms with Crippen molar-refractivity contribution >= 4 is 29.1 Å². The van der Waals surface area contributed by atoms with Gasteiger partial charge in [-0.25, -0.2) is 23.4 Å². The number of esters is 2. The highest BCUT2D eigenvalue weighted by Crippen LogP contribution is 2.38. The second-order valence-electron chi connectivity index (χ2n) is 15.8. The van der Waals surface area contributed by atoms with Gasteiger partial charge in [0.25, 0.3) is 0 Å². The van der Waals surface area contributed by atoms with Gasteiger partial charge in [0, 0.05) is 36.3 Å². The van der Waals surface area contributed by atoms with E-state index in [2.05, 4.69) is 19.2 Å². The fraction of sp³-hybridized carbons (Fsp3) is 0.500. The fourth-order valence-electron chi connectivity index (χ4n) is 8.91. The van der Waals surface area contributed by atoms with Crippen LogP contribution in [0.15, 0.2) is 54.6 Å². The van der Waals surface area contributed by atoms with Crippen LogP contribution >= 0.6 is 0 Å². The predicted molar refractivity (Wildman–Crippen MR) is 225 cm³/mol. The van der Waals surface area contributed by atoms with Crippen LogP contribution in [0, 0.1) is 39.5 Å². The van der Waals surface area contributed by atoms with Crippen LogP contribution in [0.3, 0.4) is 0 Å². The van der Waals surface area contributed by atoms with Crippen LogP contribution in [0.4, 0.5) is 4.79 Å². The maximum Gasteiger partial charge on any atom is 0.410 e. The van der Waals surface area contributed by atoms with Crippen molar-refractivity contribution in [2.24, 2.45) is 11.8 Å². The van der Waals surface area contributed by atoms with E-state index in [4.69, 9.17) is 24.4 Å². The minimum atomic E-state index is -0.308. The molecule has 0 radical (unpaired) electrons. The van der Waals surface area contributed by atoms with Gasteiger partial charge in [-0.15, -0.1) is 0 Å². The Hall–Kier alpha value is -5.23. The second kappa shape index (κ2) is 19.0. The number of ether oxygens (including phenoxy) is 3. The highest BCUT2D eigenvalue weighted by Gasteiger charge is 2.33. The van der Waals surface area contributed by atoms with Gasteiger partial charge in [-0.1, -0.05) is 44.2 Å². The van der Waals surface area contributed by atoms with Gasteiger partial charge in [-0.05, 0) is 133 Å². The van der Waals surface area contributed by atoms with Crippen LogP contribution in [0.2, 0.25) is 0 Å². The Morgan fingerprint density at radius 1 is 0.672 bits per heavy atom. The number of benzene rings is 1. The van der Waals surface area contributed by atoms with Crippen LogP contribution in [0.1, 0.15) is 125 Å². The summed E-state index contributed by atoms with van der Waals surface area (Å²) in [6.07, 6.45) is 3.80. The van der Waals surface area contributed by atoms with Gasteiger partial charge in [-0.3, -0.25) is 0 Å². The molecule has 0 aliphatic carbocycles. The Kier molecular flexibility index (Phi) is 13.9. The lowest BCUT2D eigenvalue weighted by molar-refractivity contribution is 0.0518. The van der Waals surface area contributed by atoms with Crippen molar-refractivity contribution in [2.75, 3.05) is 39.4 Å². The molecule has 2 aliphatic rings. The molecule has 12 heteroatoms. The first-order valence-electron chi connectivity index (χ1n) is 20.9. The molecule has 0 bridgehead atoms. The van der Waals surface area contributed by atoms with Crippen molar-refractivity contribution in [1.29, 1.82) is 0 Å². The fourth-order valence-corrected chi connectivity index (χ4v) is 8.91. The monoisotopic (exact) mass is 792 g/mol. The Balaban J connectivity index is 0.000000208. The Morgan fingerprint density at radius 2 is 1.14 bits per heavy atom. The highest BCUT2D eigenvalue weighted by molar-refractivity contribution is 6.00. The molecule has 7 rings (SSSR count). The van der Waals surface area contributed by atoms with E-state index in [0.717, 1.165) is 89.3 Å². The van der Waals surface area contributed by atoms with Crippen LogP contribution in [0.25, 0.3) is 11.0 Å². The molecule has 0 saturated carbocycles. The molecule has 6 heterocycles. The lowest BCUT2D eigenvalue weighted by atomic mass is 9.82. The van der Waals surface area contributed by atoms with Gasteiger partial charge < -0.3 is 24.4 Å². The molecular formula is C46H60N6O6. The first-order valence-corrected chi connectivity index (χ1v) is 20.9. The van der Waals surface area contributed by atoms with Gasteiger partial charge in [0.2, 0.25) is 0 Å². The van der Waals surface area contributed by atoms with Gasteiger partial charge >= 0.3 is 18.0 Å². The van der Waals surface area contributed by atoms with Gasteiger partial charge in [0.05, 0.1) is 46.8 Å². The molecule has 2 unspecified atom stereocenters. The van der Waals surface area contributed by atoms with E-state index in [0.29, 0.717) is 55.2 Å². The normalized spacial score (nSPS) is 16.1. The van der Waals surface area contributed by atoms with Gasteiger partial charge in [0.1, 0.15) is 6.61 Å². The zero-order valence-corrected chi connectivity index (χ0v) is 35.5.